The summed E-state index contributed by atoms with van der Waals surface area (Å²) in [6.45, 7) is 0. The molecule has 84 valence electrons. The van der Waals surface area contributed by atoms with E-state index < -0.39 is 11.9 Å². The standard InChI is InChI=1S/C11H17NO3/c13-10(12-7-5-6-7)8-3-1-2-4-9(8)11(14)15/h7-9H,1-6H2,(H,12,13)(H,14,15)/t8-,9-/m0/s1. The predicted molar refractivity (Wildman–Crippen MR) is 54.2 cm³/mol. The second kappa shape index (κ2) is 4.21. The lowest BCUT2D eigenvalue weighted by molar-refractivity contribution is -0.148. The van der Waals surface area contributed by atoms with Crippen LogP contribution in [0.4, 0.5) is 0 Å². The van der Waals surface area contributed by atoms with E-state index in [4.69, 9.17) is 5.11 Å². The molecule has 2 rings (SSSR count). The van der Waals surface area contributed by atoms with Crippen LogP contribution in [0, 0.1) is 11.8 Å². The van der Waals surface area contributed by atoms with Gasteiger partial charge in [0, 0.05) is 6.04 Å². The largest absolute Gasteiger partial charge is 0.481 e. The number of rotatable bonds is 3. The van der Waals surface area contributed by atoms with Crippen molar-refractivity contribution in [3.8, 4) is 0 Å². The molecule has 15 heavy (non-hydrogen) atoms. The van der Waals surface area contributed by atoms with Crippen molar-refractivity contribution in [3.05, 3.63) is 0 Å². The highest BCUT2D eigenvalue weighted by atomic mass is 16.4. The van der Waals surface area contributed by atoms with Crippen LogP contribution in [0.2, 0.25) is 0 Å². The average Bonchev–Trinajstić information content (AvgIpc) is 3.01. The molecular weight excluding hydrogens is 194 g/mol. The number of carboxylic acids is 1. The van der Waals surface area contributed by atoms with Gasteiger partial charge in [0.25, 0.3) is 0 Å². The summed E-state index contributed by atoms with van der Waals surface area (Å²) in [6.07, 6.45) is 5.40. The number of aliphatic carboxylic acids is 1. The van der Waals surface area contributed by atoms with Crippen molar-refractivity contribution in [2.45, 2.75) is 44.6 Å². The molecule has 0 aromatic carbocycles. The van der Waals surface area contributed by atoms with Gasteiger partial charge in [-0.25, -0.2) is 0 Å². The number of hydrogen-bond acceptors (Lipinski definition) is 2. The Hall–Kier alpha value is -1.06. The van der Waals surface area contributed by atoms with Gasteiger partial charge in [-0.1, -0.05) is 12.8 Å². The molecule has 2 fully saturated rings. The zero-order valence-electron chi connectivity index (χ0n) is 8.74. The highest BCUT2D eigenvalue weighted by Gasteiger charge is 2.37. The van der Waals surface area contributed by atoms with Crippen molar-refractivity contribution in [2.75, 3.05) is 0 Å². The van der Waals surface area contributed by atoms with Crippen molar-refractivity contribution in [2.24, 2.45) is 11.8 Å². The molecule has 0 unspecified atom stereocenters. The van der Waals surface area contributed by atoms with Crippen molar-refractivity contribution < 1.29 is 14.7 Å². The minimum atomic E-state index is -0.814. The van der Waals surface area contributed by atoms with E-state index in [1.54, 1.807) is 0 Å². The molecule has 0 aromatic heterocycles. The van der Waals surface area contributed by atoms with Gasteiger partial charge < -0.3 is 10.4 Å². The normalized spacial score (nSPS) is 30.9. The molecule has 2 aliphatic carbocycles. The van der Waals surface area contributed by atoms with E-state index in [0.717, 1.165) is 32.1 Å². The molecule has 4 nitrogen and oxygen atoms in total. The summed E-state index contributed by atoms with van der Waals surface area (Å²) in [4.78, 5) is 22.8. The van der Waals surface area contributed by atoms with Gasteiger partial charge in [-0.05, 0) is 25.7 Å². The highest BCUT2D eigenvalue weighted by molar-refractivity contribution is 5.85. The van der Waals surface area contributed by atoms with Gasteiger partial charge in [-0.3, -0.25) is 9.59 Å². The molecule has 1 amide bonds. The summed E-state index contributed by atoms with van der Waals surface area (Å²) >= 11 is 0. The third kappa shape index (κ3) is 2.49. The Balaban J connectivity index is 1.96. The van der Waals surface area contributed by atoms with Crippen LogP contribution in [0.3, 0.4) is 0 Å². The third-order valence-electron chi connectivity index (χ3n) is 3.34. The number of carbonyl (C=O) groups excluding carboxylic acids is 1. The molecule has 2 N–H and O–H groups in total. The van der Waals surface area contributed by atoms with E-state index in [2.05, 4.69) is 5.32 Å². The molecule has 0 radical (unpaired) electrons. The van der Waals surface area contributed by atoms with E-state index in [1.165, 1.54) is 0 Å². The van der Waals surface area contributed by atoms with E-state index in [9.17, 15) is 9.59 Å². The SMILES string of the molecule is O=C(O)[C@H]1CCCC[C@@H]1C(=O)NC1CC1. The van der Waals surface area contributed by atoms with Gasteiger partial charge >= 0.3 is 5.97 Å². The first-order valence-corrected chi connectivity index (χ1v) is 5.71. The minimum absolute atomic E-state index is 0.0374. The van der Waals surface area contributed by atoms with E-state index in [0.29, 0.717) is 12.5 Å². The Morgan fingerprint density at radius 3 is 2.13 bits per heavy atom. The van der Waals surface area contributed by atoms with Crippen molar-refractivity contribution in [1.82, 2.24) is 5.32 Å². The fraction of sp³-hybridized carbons (Fsp3) is 0.818. The molecule has 0 bridgehead atoms. The van der Waals surface area contributed by atoms with E-state index in [1.807, 2.05) is 0 Å². The molecule has 0 spiro atoms. The first-order valence-electron chi connectivity index (χ1n) is 5.71. The smallest absolute Gasteiger partial charge is 0.307 e. The maximum atomic E-state index is 11.8. The Morgan fingerprint density at radius 2 is 1.60 bits per heavy atom. The molecular formula is C11H17NO3. The fourth-order valence-electron chi connectivity index (χ4n) is 2.28. The number of hydrogen-bond donors (Lipinski definition) is 2. The van der Waals surface area contributed by atoms with Crippen molar-refractivity contribution in [1.29, 1.82) is 0 Å². The molecule has 0 aromatic rings. The Kier molecular flexibility index (Phi) is 2.93. The first-order chi connectivity index (χ1) is 7.18. The Bertz CT molecular complexity index is 273. The van der Waals surface area contributed by atoms with Gasteiger partial charge in [0.1, 0.15) is 0 Å². The highest BCUT2D eigenvalue weighted by Crippen LogP contribution is 2.31. The molecule has 2 aliphatic rings. The summed E-state index contributed by atoms with van der Waals surface area (Å²) < 4.78 is 0. The van der Waals surface area contributed by atoms with E-state index >= 15 is 0 Å². The van der Waals surface area contributed by atoms with E-state index in [-0.39, 0.29) is 11.8 Å². The van der Waals surface area contributed by atoms with Crippen LogP contribution in [-0.4, -0.2) is 23.0 Å². The van der Waals surface area contributed by atoms with Crippen LogP contribution in [0.1, 0.15) is 38.5 Å². The van der Waals surface area contributed by atoms with Crippen LogP contribution in [0.5, 0.6) is 0 Å². The van der Waals surface area contributed by atoms with Crippen molar-refractivity contribution >= 4 is 11.9 Å². The zero-order valence-corrected chi connectivity index (χ0v) is 8.74. The van der Waals surface area contributed by atoms with Gasteiger partial charge in [-0.2, -0.15) is 0 Å². The molecule has 2 atom stereocenters. The summed E-state index contributed by atoms with van der Waals surface area (Å²) in [5.41, 5.74) is 0. The van der Waals surface area contributed by atoms with Gasteiger partial charge in [0.15, 0.2) is 0 Å². The molecule has 0 saturated heterocycles. The number of carbonyl (C=O) groups is 2. The topological polar surface area (TPSA) is 66.4 Å². The lowest BCUT2D eigenvalue weighted by Gasteiger charge is -2.27. The monoisotopic (exact) mass is 211 g/mol. The summed E-state index contributed by atoms with van der Waals surface area (Å²) in [7, 11) is 0. The Labute approximate surface area is 89.0 Å². The summed E-state index contributed by atoms with van der Waals surface area (Å²) in [6, 6.07) is 0.328. The van der Waals surface area contributed by atoms with Crippen molar-refractivity contribution in [3.63, 3.8) is 0 Å². The molecule has 4 heteroatoms. The Morgan fingerprint density at radius 1 is 1.00 bits per heavy atom. The third-order valence-corrected chi connectivity index (χ3v) is 3.34. The fourth-order valence-corrected chi connectivity index (χ4v) is 2.28. The zero-order chi connectivity index (χ0) is 10.8. The second-order valence-corrected chi connectivity index (χ2v) is 4.62. The van der Waals surface area contributed by atoms with Crippen LogP contribution >= 0.6 is 0 Å². The summed E-state index contributed by atoms with van der Waals surface area (Å²) in [5.74, 6) is -1.61. The van der Waals surface area contributed by atoms with Crippen LogP contribution < -0.4 is 5.32 Å². The van der Waals surface area contributed by atoms with Gasteiger partial charge in [0.05, 0.1) is 11.8 Å². The molecule has 0 heterocycles. The van der Waals surface area contributed by atoms with Gasteiger partial charge in [-0.15, -0.1) is 0 Å². The van der Waals surface area contributed by atoms with Gasteiger partial charge in [0.2, 0.25) is 5.91 Å². The lowest BCUT2D eigenvalue weighted by atomic mass is 9.78. The second-order valence-electron chi connectivity index (χ2n) is 4.62. The number of nitrogens with one attached hydrogen (secondary N) is 1. The number of carboxylic acid groups (broad SMARTS) is 1. The van der Waals surface area contributed by atoms with Crippen LogP contribution in [0.25, 0.3) is 0 Å². The predicted octanol–water partition coefficient (Wildman–Crippen LogP) is 1.16. The van der Waals surface area contributed by atoms with Crippen LogP contribution in [0.15, 0.2) is 0 Å². The first kappa shape index (κ1) is 10.5. The molecule has 0 aliphatic heterocycles. The average molecular weight is 211 g/mol. The van der Waals surface area contributed by atoms with Crippen LogP contribution in [-0.2, 0) is 9.59 Å². The minimum Gasteiger partial charge on any atom is -0.481 e. The quantitative estimate of drug-likeness (QED) is 0.736. The molecule has 2 saturated carbocycles. The summed E-state index contributed by atoms with van der Waals surface area (Å²) in [5, 5.41) is 11.9. The maximum absolute atomic E-state index is 11.8. The number of amides is 1. The lowest BCUT2D eigenvalue weighted by Crippen LogP contribution is -2.40. The maximum Gasteiger partial charge on any atom is 0.307 e.